The van der Waals surface area contributed by atoms with Crippen molar-refractivity contribution < 1.29 is 0 Å². The third kappa shape index (κ3) is 2.29. The minimum atomic E-state index is -0.0543. The zero-order valence-electron chi connectivity index (χ0n) is 13.7. The molecule has 0 bridgehead atoms. The molecule has 5 nitrogen and oxygen atoms in total. The van der Waals surface area contributed by atoms with Crippen LogP contribution in [0.4, 0.5) is 0 Å². The second-order valence-corrected chi connectivity index (χ2v) is 6.11. The van der Waals surface area contributed by atoms with Gasteiger partial charge in [0, 0.05) is 40.7 Å². The summed E-state index contributed by atoms with van der Waals surface area (Å²) in [6.07, 6.45) is 3.38. The summed E-state index contributed by atoms with van der Waals surface area (Å²) in [7, 11) is 0. The number of benzene rings is 1. The Kier molecular flexibility index (Phi) is 3.18. The van der Waals surface area contributed by atoms with Crippen molar-refractivity contribution in [3.05, 3.63) is 83.3 Å². The SMILES string of the molecule is O=c1cc[nH]c2nc(-c3ccccc3)c(-c3cc4cccnc4[nH]3)cc12. The van der Waals surface area contributed by atoms with Crippen LogP contribution in [0.1, 0.15) is 0 Å². The Balaban J connectivity index is 1.87. The fraction of sp³-hybridized carbons (Fsp3) is 0. The van der Waals surface area contributed by atoms with Gasteiger partial charge in [0.25, 0.3) is 0 Å². The molecule has 124 valence electrons. The number of hydrogen-bond acceptors (Lipinski definition) is 3. The summed E-state index contributed by atoms with van der Waals surface area (Å²) < 4.78 is 0. The van der Waals surface area contributed by atoms with E-state index in [1.54, 1.807) is 12.4 Å². The lowest BCUT2D eigenvalue weighted by Gasteiger charge is -2.09. The number of rotatable bonds is 2. The van der Waals surface area contributed by atoms with Gasteiger partial charge >= 0.3 is 0 Å². The summed E-state index contributed by atoms with van der Waals surface area (Å²) in [5, 5.41) is 1.58. The molecule has 4 aromatic heterocycles. The van der Waals surface area contributed by atoms with Gasteiger partial charge in [-0.05, 0) is 24.3 Å². The molecule has 26 heavy (non-hydrogen) atoms. The van der Waals surface area contributed by atoms with Gasteiger partial charge in [0.15, 0.2) is 5.43 Å². The molecule has 0 fully saturated rings. The summed E-state index contributed by atoms with van der Waals surface area (Å²) in [5.74, 6) is 0. The summed E-state index contributed by atoms with van der Waals surface area (Å²) in [5.41, 5.74) is 4.89. The maximum absolute atomic E-state index is 12.3. The van der Waals surface area contributed by atoms with E-state index in [9.17, 15) is 4.79 Å². The first kappa shape index (κ1) is 14.6. The fourth-order valence-electron chi connectivity index (χ4n) is 3.22. The number of nitrogens with one attached hydrogen (secondary N) is 2. The Hall–Kier alpha value is -3.73. The number of aromatic nitrogens is 4. The molecule has 5 rings (SSSR count). The minimum Gasteiger partial charge on any atom is -0.346 e. The average molecular weight is 338 g/mol. The normalized spacial score (nSPS) is 11.2. The molecule has 0 unspecified atom stereocenters. The summed E-state index contributed by atoms with van der Waals surface area (Å²) in [6, 6.07) is 19.3. The van der Waals surface area contributed by atoms with Gasteiger partial charge in [-0.1, -0.05) is 30.3 Å². The van der Waals surface area contributed by atoms with Crippen LogP contribution in [0.3, 0.4) is 0 Å². The molecular formula is C21H14N4O. The van der Waals surface area contributed by atoms with Gasteiger partial charge in [-0.2, -0.15) is 0 Å². The van der Waals surface area contributed by atoms with Gasteiger partial charge in [-0.3, -0.25) is 4.79 Å². The van der Waals surface area contributed by atoms with Crippen LogP contribution in [0.5, 0.6) is 0 Å². The number of pyridine rings is 3. The molecule has 0 aliphatic carbocycles. The monoisotopic (exact) mass is 338 g/mol. The van der Waals surface area contributed by atoms with Crippen LogP contribution in [0, 0.1) is 0 Å². The van der Waals surface area contributed by atoms with Gasteiger partial charge in [0.1, 0.15) is 11.3 Å². The van der Waals surface area contributed by atoms with Crippen molar-refractivity contribution >= 4 is 22.1 Å². The summed E-state index contributed by atoms with van der Waals surface area (Å²) >= 11 is 0. The van der Waals surface area contributed by atoms with E-state index in [2.05, 4.69) is 15.0 Å². The molecule has 1 aromatic carbocycles. The van der Waals surface area contributed by atoms with E-state index >= 15 is 0 Å². The first-order valence-electron chi connectivity index (χ1n) is 8.31. The lowest BCUT2D eigenvalue weighted by Crippen LogP contribution is -2.03. The smallest absolute Gasteiger partial charge is 0.191 e. The second-order valence-electron chi connectivity index (χ2n) is 6.11. The molecule has 0 saturated carbocycles. The van der Waals surface area contributed by atoms with Crippen molar-refractivity contribution in [1.82, 2.24) is 19.9 Å². The highest BCUT2D eigenvalue weighted by atomic mass is 16.1. The van der Waals surface area contributed by atoms with Crippen LogP contribution in [0.2, 0.25) is 0 Å². The quantitative estimate of drug-likeness (QED) is 0.508. The lowest BCUT2D eigenvalue weighted by molar-refractivity contribution is 1.27. The van der Waals surface area contributed by atoms with Crippen molar-refractivity contribution in [2.24, 2.45) is 0 Å². The molecule has 0 aliphatic rings. The van der Waals surface area contributed by atoms with Crippen LogP contribution >= 0.6 is 0 Å². The van der Waals surface area contributed by atoms with Gasteiger partial charge in [-0.25, -0.2) is 9.97 Å². The van der Waals surface area contributed by atoms with E-state index < -0.39 is 0 Å². The van der Waals surface area contributed by atoms with E-state index in [0.29, 0.717) is 11.0 Å². The Bertz CT molecular complexity index is 1270. The molecule has 0 spiro atoms. The van der Waals surface area contributed by atoms with Gasteiger partial charge in [0.05, 0.1) is 11.1 Å². The maximum atomic E-state index is 12.3. The van der Waals surface area contributed by atoms with Crippen molar-refractivity contribution in [3.63, 3.8) is 0 Å². The highest BCUT2D eigenvalue weighted by Crippen LogP contribution is 2.33. The van der Waals surface area contributed by atoms with Crippen LogP contribution < -0.4 is 5.43 Å². The Morgan fingerprint density at radius 2 is 1.77 bits per heavy atom. The van der Waals surface area contributed by atoms with E-state index in [4.69, 9.17) is 4.98 Å². The predicted molar refractivity (Wildman–Crippen MR) is 103 cm³/mol. The van der Waals surface area contributed by atoms with Crippen molar-refractivity contribution in [2.45, 2.75) is 0 Å². The van der Waals surface area contributed by atoms with Crippen LogP contribution in [-0.2, 0) is 0 Å². The number of aromatic amines is 2. The first-order chi connectivity index (χ1) is 12.8. The highest BCUT2D eigenvalue weighted by molar-refractivity contribution is 5.92. The number of fused-ring (bicyclic) bond motifs is 2. The van der Waals surface area contributed by atoms with Gasteiger partial charge in [-0.15, -0.1) is 0 Å². The molecule has 0 radical (unpaired) electrons. The Morgan fingerprint density at radius 1 is 0.885 bits per heavy atom. The van der Waals surface area contributed by atoms with Crippen LogP contribution in [-0.4, -0.2) is 19.9 Å². The Morgan fingerprint density at radius 3 is 2.62 bits per heavy atom. The molecule has 0 atom stereocenters. The zero-order valence-corrected chi connectivity index (χ0v) is 13.7. The van der Waals surface area contributed by atoms with Gasteiger partial charge < -0.3 is 9.97 Å². The Labute approximate surface area is 148 Å². The summed E-state index contributed by atoms with van der Waals surface area (Å²) in [6.45, 7) is 0. The van der Waals surface area contributed by atoms with Crippen LogP contribution in [0.25, 0.3) is 44.6 Å². The zero-order chi connectivity index (χ0) is 17.5. The van der Waals surface area contributed by atoms with E-state index in [0.717, 1.165) is 33.5 Å². The highest BCUT2D eigenvalue weighted by Gasteiger charge is 2.15. The molecule has 0 saturated heterocycles. The minimum absolute atomic E-state index is 0.0543. The van der Waals surface area contributed by atoms with E-state index in [1.807, 2.05) is 54.6 Å². The van der Waals surface area contributed by atoms with E-state index in [1.165, 1.54) is 6.07 Å². The molecule has 5 heteroatoms. The third-order valence-corrected chi connectivity index (χ3v) is 4.47. The molecular weight excluding hydrogens is 324 g/mol. The average Bonchev–Trinajstić information content (AvgIpc) is 3.12. The van der Waals surface area contributed by atoms with Crippen molar-refractivity contribution in [1.29, 1.82) is 0 Å². The van der Waals surface area contributed by atoms with Crippen molar-refractivity contribution in [3.8, 4) is 22.5 Å². The predicted octanol–water partition coefficient (Wildman–Crippen LogP) is 4.13. The van der Waals surface area contributed by atoms with Crippen LogP contribution in [0.15, 0.2) is 77.9 Å². The number of H-pyrrole nitrogens is 2. The maximum Gasteiger partial charge on any atom is 0.191 e. The number of nitrogens with zero attached hydrogens (tertiary/aromatic N) is 2. The largest absolute Gasteiger partial charge is 0.346 e. The molecule has 0 amide bonds. The standard InChI is InChI=1S/C21H14N4O/c26-18-8-10-23-21-16(18)12-15(19(25-21)13-5-2-1-3-6-13)17-11-14-7-4-9-22-20(14)24-17/h1-12H,(H,22,24)(H,23,25,26). The second kappa shape index (κ2) is 5.67. The van der Waals surface area contributed by atoms with Crippen molar-refractivity contribution in [2.75, 3.05) is 0 Å². The first-order valence-corrected chi connectivity index (χ1v) is 8.31. The molecule has 5 aromatic rings. The molecule has 2 N–H and O–H groups in total. The third-order valence-electron chi connectivity index (χ3n) is 4.47. The summed E-state index contributed by atoms with van der Waals surface area (Å²) in [4.78, 5) is 27.8. The lowest BCUT2D eigenvalue weighted by atomic mass is 10.0. The topological polar surface area (TPSA) is 74.4 Å². The molecule has 0 aliphatic heterocycles. The molecule has 4 heterocycles. The number of hydrogen-bond donors (Lipinski definition) is 2. The fourth-order valence-corrected chi connectivity index (χ4v) is 3.22. The van der Waals surface area contributed by atoms with Gasteiger partial charge in [0.2, 0.25) is 0 Å². The van der Waals surface area contributed by atoms with E-state index in [-0.39, 0.29) is 5.43 Å².